The minimum absolute atomic E-state index is 0.222. The molecule has 3 rings (SSSR count). The Morgan fingerprint density at radius 2 is 1.64 bits per heavy atom. The molecule has 0 aliphatic heterocycles. The number of methoxy groups -OCH3 is 2. The molecule has 2 aromatic rings. The van der Waals surface area contributed by atoms with Crippen molar-refractivity contribution in [2.45, 2.75) is 56.9 Å². The van der Waals surface area contributed by atoms with Gasteiger partial charge in [-0.25, -0.2) is 13.1 Å². The van der Waals surface area contributed by atoms with Crippen LogP contribution in [0.3, 0.4) is 0 Å². The van der Waals surface area contributed by atoms with E-state index in [1.165, 1.54) is 12.7 Å². The van der Waals surface area contributed by atoms with Crippen molar-refractivity contribution < 1.29 is 17.9 Å². The second kappa shape index (κ2) is 8.53. The van der Waals surface area contributed by atoms with Crippen molar-refractivity contribution in [3.8, 4) is 11.5 Å². The number of benzene rings is 2. The zero-order valence-electron chi connectivity index (χ0n) is 17.0. The minimum atomic E-state index is -3.73. The third kappa shape index (κ3) is 4.18. The Bertz CT molecular complexity index is 953. The summed E-state index contributed by atoms with van der Waals surface area (Å²) in [6.07, 6.45) is 4.75. The highest BCUT2D eigenvalue weighted by Crippen LogP contribution is 2.33. The fourth-order valence-corrected chi connectivity index (χ4v) is 5.38. The maximum Gasteiger partial charge on any atom is 0.244 e. The number of nitrogens with one attached hydrogen (secondary N) is 1. The lowest BCUT2D eigenvalue weighted by Gasteiger charge is -2.22. The molecule has 0 bridgehead atoms. The molecule has 1 N–H and O–H groups in total. The molecule has 28 heavy (non-hydrogen) atoms. The summed E-state index contributed by atoms with van der Waals surface area (Å²) in [6, 6.07) is 9.12. The molecule has 0 aromatic heterocycles. The van der Waals surface area contributed by atoms with E-state index in [0.29, 0.717) is 12.2 Å². The molecular weight excluding hydrogens is 374 g/mol. The van der Waals surface area contributed by atoms with Crippen LogP contribution in [-0.4, -0.2) is 22.6 Å². The zero-order valence-corrected chi connectivity index (χ0v) is 17.9. The van der Waals surface area contributed by atoms with E-state index in [9.17, 15) is 8.42 Å². The van der Waals surface area contributed by atoms with Crippen molar-refractivity contribution in [2.75, 3.05) is 14.2 Å². The fourth-order valence-electron chi connectivity index (χ4n) is 3.87. The average Bonchev–Trinajstić information content (AvgIpc) is 2.70. The predicted octanol–water partition coefficient (Wildman–Crippen LogP) is 4.32. The first kappa shape index (κ1) is 20.7. The van der Waals surface area contributed by atoms with Gasteiger partial charge in [-0.3, -0.25) is 0 Å². The second-order valence-electron chi connectivity index (χ2n) is 7.29. The lowest BCUT2D eigenvalue weighted by molar-refractivity contribution is 0.400. The van der Waals surface area contributed by atoms with E-state index in [1.807, 2.05) is 38.1 Å². The summed E-state index contributed by atoms with van der Waals surface area (Å²) >= 11 is 0. The van der Waals surface area contributed by atoms with E-state index in [-0.39, 0.29) is 10.9 Å². The van der Waals surface area contributed by atoms with Gasteiger partial charge in [-0.1, -0.05) is 19.1 Å². The first-order valence-electron chi connectivity index (χ1n) is 9.76. The topological polar surface area (TPSA) is 64.6 Å². The van der Waals surface area contributed by atoms with E-state index in [4.69, 9.17) is 9.47 Å². The molecule has 0 fully saturated rings. The second-order valence-corrected chi connectivity index (χ2v) is 8.97. The highest BCUT2D eigenvalue weighted by Gasteiger charge is 2.26. The Morgan fingerprint density at radius 1 is 1.00 bits per heavy atom. The van der Waals surface area contributed by atoms with E-state index in [0.717, 1.165) is 48.1 Å². The van der Waals surface area contributed by atoms with Crippen LogP contribution in [0.15, 0.2) is 35.2 Å². The lowest BCUT2D eigenvalue weighted by atomic mass is 9.92. The Labute approximate surface area is 168 Å². The van der Waals surface area contributed by atoms with Gasteiger partial charge < -0.3 is 9.47 Å². The fraction of sp³-hybridized carbons (Fsp3) is 0.455. The van der Waals surface area contributed by atoms with Gasteiger partial charge in [-0.05, 0) is 79.5 Å². The van der Waals surface area contributed by atoms with Crippen LogP contribution in [0.5, 0.6) is 11.5 Å². The van der Waals surface area contributed by atoms with Crippen molar-refractivity contribution in [2.24, 2.45) is 0 Å². The Morgan fingerprint density at radius 3 is 2.21 bits per heavy atom. The van der Waals surface area contributed by atoms with Gasteiger partial charge in [-0.15, -0.1) is 0 Å². The number of hydrogen-bond acceptors (Lipinski definition) is 4. The summed E-state index contributed by atoms with van der Waals surface area (Å²) in [4.78, 5) is 0.222. The van der Waals surface area contributed by atoms with Gasteiger partial charge in [0.1, 0.15) is 16.4 Å². The lowest BCUT2D eigenvalue weighted by Crippen LogP contribution is -2.29. The molecule has 5 nitrogen and oxygen atoms in total. The van der Waals surface area contributed by atoms with Crippen molar-refractivity contribution in [3.63, 3.8) is 0 Å². The third-order valence-corrected chi connectivity index (χ3v) is 6.94. The van der Waals surface area contributed by atoms with Crippen LogP contribution in [0.25, 0.3) is 0 Å². The van der Waals surface area contributed by atoms with Crippen LogP contribution in [-0.2, 0) is 22.9 Å². The number of rotatable bonds is 7. The number of sulfonamides is 1. The van der Waals surface area contributed by atoms with Gasteiger partial charge in [-0.2, -0.15) is 0 Å². The van der Waals surface area contributed by atoms with Crippen LogP contribution in [0.4, 0.5) is 0 Å². The van der Waals surface area contributed by atoms with Gasteiger partial charge in [0.2, 0.25) is 10.0 Å². The summed E-state index contributed by atoms with van der Waals surface area (Å²) in [5, 5.41) is 0. The SMILES string of the molecule is CC[C@@H](NS(=O)(=O)c1cc2c(cc1OC)CCCC2)c1ccc(OC)c(C)c1. The maximum atomic E-state index is 13.2. The van der Waals surface area contributed by atoms with Crippen molar-refractivity contribution in [1.82, 2.24) is 4.72 Å². The van der Waals surface area contributed by atoms with E-state index in [2.05, 4.69) is 4.72 Å². The number of hydrogen-bond donors (Lipinski definition) is 1. The molecule has 0 radical (unpaired) electrons. The van der Waals surface area contributed by atoms with Gasteiger partial charge >= 0.3 is 0 Å². The molecule has 1 atom stereocenters. The van der Waals surface area contributed by atoms with Crippen LogP contribution in [0.1, 0.15) is 54.5 Å². The number of fused-ring (bicyclic) bond motifs is 1. The van der Waals surface area contributed by atoms with Crippen LogP contribution in [0, 0.1) is 6.92 Å². The van der Waals surface area contributed by atoms with Gasteiger partial charge in [0, 0.05) is 6.04 Å². The van der Waals surface area contributed by atoms with Crippen LogP contribution in [0.2, 0.25) is 0 Å². The molecule has 1 aliphatic carbocycles. The summed E-state index contributed by atoms with van der Waals surface area (Å²) in [7, 11) is -0.580. The molecule has 152 valence electrons. The minimum Gasteiger partial charge on any atom is -0.496 e. The monoisotopic (exact) mass is 403 g/mol. The highest BCUT2D eigenvalue weighted by atomic mass is 32.2. The summed E-state index contributed by atoms with van der Waals surface area (Å²) in [5.74, 6) is 1.20. The van der Waals surface area contributed by atoms with Gasteiger partial charge in [0.05, 0.1) is 14.2 Å². The average molecular weight is 404 g/mol. The first-order valence-corrected chi connectivity index (χ1v) is 11.2. The smallest absolute Gasteiger partial charge is 0.244 e. The van der Waals surface area contributed by atoms with Crippen molar-refractivity contribution >= 4 is 10.0 Å². The zero-order chi connectivity index (χ0) is 20.3. The Balaban J connectivity index is 1.95. The molecule has 0 spiro atoms. The van der Waals surface area contributed by atoms with E-state index < -0.39 is 10.0 Å². The Kier molecular flexibility index (Phi) is 6.30. The predicted molar refractivity (Wildman–Crippen MR) is 111 cm³/mol. The molecule has 0 heterocycles. The summed E-state index contributed by atoms with van der Waals surface area (Å²) in [6.45, 7) is 3.92. The molecule has 0 saturated heterocycles. The third-order valence-electron chi connectivity index (χ3n) is 5.44. The number of aryl methyl sites for hydroxylation is 3. The molecule has 0 unspecified atom stereocenters. The summed E-state index contributed by atoms with van der Waals surface area (Å²) in [5.41, 5.74) is 4.20. The summed E-state index contributed by atoms with van der Waals surface area (Å²) < 4.78 is 40.1. The quantitative estimate of drug-likeness (QED) is 0.748. The largest absolute Gasteiger partial charge is 0.496 e. The van der Waals surface area contributed by atoms with E-state index in [1.54, 1.807) is 13.2 Å². The Hall–Kier alpha value is -2.05. The molecule has 2 aromatic carbocycles. The molecular formula is C22H29NO4S. The van der Waals surface area contributed by atoms with Crippen molar-refractivity contribution in [3.05, 3.63) is 52.6 Å². The number of ether oxygens (including phenoxy) is 2. The molecule has 0 saturated carbocycles. The molecule has 6 heteroatoms. The molecule has 0 amide bonds. The first-order chi connectivity index (χ1) is 13.4. The highest BCUT2D eigenvalue weighted by molar-refractivity contribution is 7.89. The van der Waals surface area contributed by atoms with E-state index >= 15 is 0 Å². The molecule has 1 aliphatic rings. The normalized spacial score (nSPS) is 15.0. The van der Waals surface area contributed by atoms with Crippen LogP contribution < -0.4 is 14.2 Å². The maximum absolute atomic E-state index is 13.2. The van der Waals surface area contributed by atoms with Crippen molar-refractivity contribution in [1.29, 1.82) is 0 Å². The standard InChI is InChI=1S/C22H29NO4S/c1-5-19(18-10-11-20(26-3)15(2)12-18)23-28(24,25)22-14-17-9-7-6-8-16(17)13-21(22)27-4/h10-14,19,23H,5-9H2,1-4H3/t19-/m1/s1. The van der Waals surface area contributed by atoms with Gasteiger partial charge in [0.25, 0.3) is 0 Å². The van der Waals surface area contributed by atoms with Gasteiger partial charge in [0.15, 0.2) is 0 Å². The van der Waals surface area contributed by atoms with Crippen LogP contribution >= 0.6 is 0 Å².